The Bertz CT molecular complexity index is 1710. The first-order chi connectivity index (χ1) is 18.7. The van der Waals surface area contributed by atoms with E-state index in [1.807, 2.05) is 0 Å². The Labute approximate surface area is 233 Å². The van der Waals surface area contributed by atoms with Gasteiger partial charge in [-0.05, 0) is 67.4 Å². The summed E-state index contributed by atoms with van der Waals surface area (Å²) in [5.41, 5.74) is 0.681. The zero-order valence-corrected chi connectivity index (χ0v) is 23.0. The van der Waals surface area contributed by atoms with Gasteiger partial charge in [-0.25, -0.2) is 17.8 Å². The van der Waals surface area contributed by atoms with Crippen LogP contribution in [0.2, 0.25) is 5.02 Å². The number of rotatable bonds is 7. The number of benzene rings is 3. The van der Waals surface area contributed by atoms with Crippen molar-refractivity contribution >= 4 is 55.9 Å². The average Bonchev–Trinajstić information content (AvgIpc) is 2.94. The van der Waals surface area contributed by atoms with Gasteiger partial charge in [-0.15, -0.1) is 0 Å². The Kier molecular flexibility index (Phi) is 8.03. The SMILES string of the molecule is O=C(CSc1nc2ccccc2c(=O)n1-c1ccc(F)cc1)Nc1cc(S(=O)(=O)N2CCCCC2)ccc1Cl. The summed E-state index contributed by atoms with van der Waals surface area (Å²) in [4.78, 5) is 30.9. The maximum absolute atomic E-state index is 13.5. The lowest BCUT2D eigenvalue weighted by molar-refractivity contribution is -0.113. The number of fused-ring (bicyclic) bond motifs is 1. The first-order valence-corrected chi connectivity index (χ1v) is 15.0. The Morgan fingerprint density at radius 1 is 1.03 bits per heavy atom. The molecule has 0 atom stereocenters. The highest BCUT2D eigenvalue weighted by atomic mass is 35.5. The maximum atomic E-state index is 13.5. The van der Waals surface area contributed by atoms with Crippen molar-refractivity contribution in [2.45, 2.75) is 29.3 Å². The lowest BCUT2D eigenvalue weighted by Crippen LogP contribution is -2.35. The third-order valence-corrected chi connectivity index (χ3v) is 9.49. The van der Waals surface area contributed by atoms with Gasteiger partial charge >= 0.3 is 0 Å². The van der Waals surface area contributed by atoms with E-state index in [0.29, 0.717) is 29.7 Å². The summed E-state index contributed by atoms with van der Waals surface area (Å²) in [5.74, 6) is -1.07. The van der Waals surface area contributed by atoms with Crippen molar-refractivity contribution in [1.82, 2.24) is 13.9 Å². The van der Waals surface area contributed by atoms with Gasteiger partial charge in [-0.3, -0.25) is 14.2 Å². The van der Waals surface area contributed by atoms with Gasteiger partial charge < -0.3 is 5.32 Å². The number of aromatic nitrogens is 2. The molecule has 1 fully saturated rings. The molecule has 0 aliphatic carbocycles. The van der Waals surface area contributed by atoms with Crippen LogP contribution in [0.3, 0.4) is 0 Å². The Morgan fingerprint density at radius 3 is 2.49 bits per heavy atom. The quantitative estimate of drug-likeness (QED) is 0.239. The number of halogens is 2. The summed E-state index contributed by atoms with van der Waals surface area (Å²) in [6.07, 6.45) is 2.60. The van der Waals surface area contributed by atoms with Gasteiger partial charge in [-0.1, -0.05) is 41.9 Å². The first kappa shape index (κ1) is 27.3. The zero-order valence-electron chi connectivity index (χ0n) is 20.6. The summed E-state index contributed by atoms with van der Waals surface area (Å²) in [6.45, 7) is 0.912. The zero-order chi connectivity index (χ0) is 27.6. The minimum atomic E-state index is -3.71. The monoisotopic (exact) mass is 586 g/mol. The molecule has 1 saturated heterocycles. The summed E-state index contributed by atoms with van der Waals surface area (Å²) >= 11 is 7.30. The molecule has 202 valence electrons. The molecule has 1 N–H and O–H groups in total. The van der Waals surface area contributed by atoms with Gasteiger partial charge in [-0.2, -0.15) is 4.31 Å². The smallest absolute Gasteiger partial charge is 0.266 e. The average molecular weight is 587 g/mol. The number of carbonyl (C=O) groups excluding carboxylic acids is 1. The molecule has 0 bridgehead atoms. The number of sulfonamides is 1. The second kappa shape index (κ2) is 11.5. The van der Waals surface area contributed by atoms with E-state index >= 15 is 0 Å². The van der Waals surface area contributed by atoms with Gasteiger partial charge in [0.15, 0.2) is 5.16 Å². The molecule has 0 saturated carbocycles. The van der Waals surface area contributed by atoms with Crippen LogP contribution in [0, 0.1) is 5.82 Å². The molecule has 1 amide bonds. The largest absolute Gasteiger partial charge is 0.324 e. The van der Waals surface area contributed by atoms with Crippen molar-refractivity contribution in [3.8, 4) is 5.69 Å². The number of hydrogen-bond acceptors (Lipinski definition) is 6. The van der Waals surface area contributed by atoms with Crippen LogP contribution < -0.4 is 10.9 Å². The molecule has 0 radical (unpaired) electrons. The fourth-order valence-electron chi connectivity index (χ4n) is 4.36. The lowest BCUT2D eigenvalue weighted by atomic mass is 10.2. The van der Waals surface area contributed by atoms with Gasteiger partial charge in [0.1, 0.15) is 5.82 Å². The van der Waals surface area contributed by atoms with Crippen molar-refractivity contribution in [3.05, 3.63) is 87.9 Å². The molecule has 1 aliphatic rings. The Balaban J connectivity index is 1.39. The number of carbonyl (C=O) groups is 1. The second-order valence-electron chi connectivity index (χ2n) is 8.97. The highest BCUT2D eigenvalue weighted by Crippen LogP contribution is 2.29. The number of piperidine rings is 1. The minimum Gasteiger partial charge on any atom is -0.324 e. The molecule has 3 aromatic carbocycles. The van der Waals surface area contributed by atoms with E-state index in [4.69, 9.17) is 11.6 Å². The molecule has 12 heteroatoms. The third-order valence-electron chi connectivity index (χ3n) is 6.33. The van der Waals surface area contributed by atoms with E-state index in [2.05, 4.69) is 10.3 Å². The number of nitrogens with one attached hydrogen (secondary N) is 1. The van der Waals surface area contributed by atoms with Crippen LogP contribution in [0.1, 0.15) is 19.3 Å². The molecular formula is C27H24ClFN4O4S2. The van der Waals surface area contributed by atoms with Crippen molar-refractivity contribution in [3.63, 3.8) is 0 Å². The van der Waals surface area contributed by atoms with E-state index in [1.165, 1.54) is 51.3 Å². The van der Waals surface area contributed by atoms with E-state index in [-0.39, 0.29) is 32.1 Å². The number of amides is 1. The molecule has 0 unspecified atom stereocenters. The van der Waals surface area contributed by atoms with E-state index in [0.717, 1.165) is 31.0 Å². The Hall–Kier alpha value is -3.25. The molecule has 39 heavy (non-hydrogen) atoms. The standard InChI is InChI=1S/C27H24ClFN4O4S2/c28-22-13-12-20(39(36,37)32-14-4-1-5-15-32)16-24(22)30-25(34)17-38-27-31-23-7-3-2-6-21(23)26(35)33(27)19-10-8-18(29)9-11-19/h2-3,6-13,16H,1,4-5,14-15,17H2,(H,30,34). The van der Waals surface area contributed by atoms with Crippen molar-refractivity contribution in [1.29, 1.82) is 0 Å². The van der Waals surface area contributed by atoms with Crippen LogP contribution in [0.25, 0.3) is 16.6 Å². The molecule has 1 aliphatic heterocycles. The first-order valence-electron chi connectivity index (χ1n) is 12.2. The van der Waals surface area contributed by atoms with Crippen LogP contribution in [0.4, 0.5) is 10.1 Å². The summed E-state index contributed by atoms with van der Waals surface area (Å²) < 4.78 is 42.5. The molecule has 8 nitrogen and oxygen atoms in total. The molecular weight excluding hydrogens is 563 g/mol. The van der Waals surface area contributed by atoms with Crippen molar-refractivity contribution < 1.29 is 17.6 Å². The molecule has 5 rings (SSSR count). The second-order valence-corrected chi connectivity index (χ2v) is 12.3. The highest BCUT2D eigenvalue weighted by Gasteiger charge is 2.27. The van der Waals surface area contributed by atoms with E-state index in [1.54, 1.807) is 24.3 Å². The number of nitrogens with zero attached hydrogens (tertiary/aromatic N) is 3. The topological polar surface area (TPSA) is 101 Å². The summed E-state index contributed by atoms with van der Waals surface area (Å²) in [5, 5.41) is 3.49. The number of anilines is 1. The van der Waals surface area contributed by atoms with Crippen LogP contribution >= 0.6 is 23.4 Å². The summed E-state index contributed by atoms with van der Waals surface area (Å²) in [6, 6.07) is 16.5. The van der Waals surface area contributed by atoms with Gasteiger partial charge in [0.2, 0.25) is 15.9 Å². The molecule has 0 spiro atoms. The molecule has 4 aromatic rings. The fraction of sp³-hybridized carbons (Fsp3) is 0.222. The van der Waals surface area contributed by atoms with E-state index in [9.17, 15) is 22.4 Å². The normalized spacial score (nSPS) is 14.4. The minimum absolute atomic E-state index is 0.0538. The van der Waals surface area contributed by atoms with E-state index < -0.39 is 21.7 Å². The Morgan fingerprint density at radius 2 is 1.74 bits per heavy atom. The molecule has 1 aromatic heterocycles. The lowest BCUT2D eigenvalue weighted by Gasteiger charge is -2.26. The van der Waals surface area contributed by atoms with Crippen molar-refractivity contribution in [2.24, 2.45) is 0 Å². The van der Waals surface area contributed by atoms with Gasteiger partial charge in [0.25, 0.3) is 5.56 Å². The maximum Gasteiger partial charge on any atom is 0.266 e. The van der Waals surface area contributed by atoms with Crippen LogP contribution in [-0.4, -0.2) is 47.0 Å². The third kappa shape index (κ3) is 5.86. The highest BCUT2D eigenvalue weighted by molar-refractivity contribution is 7.99. The van der Waals surface area contributed by atoms with Gasteiger partial charge in [0.05, 0.1) is 37.9 Å². The van der Waals surface area contributed by atoms with Crippen LogP contribution in [0.5, 0.6) is 0 Å². The van der Waals surface area contributed by atoms with Crippen LogP contribution in [0.15, 0.2) is 81.6 Å². The summed E-state index contributed by atoms with van der Waals surface area (Å²) in [7, 11) is -3.71. The predicted molar refractivity (Wildman–Crippen MR) is 151 cm³/mol. The van der Waals surface area contributed by atoms with Crippen LogP contribution in [-0.2, 0) is 14.8 Å². The number of para-hydroxylation sites is 1. The molecule has 2 heterocycles. The number of hydrogen-bond donors (Lipinski definition) is 1. The number of thioether (sulfide) groups is 1. The van der Waals surface area contributed by atoms with Crippen molar-refractivity contribution in [2.75, 3.05) is 24.2 Å². The fourth-order valence-corrected chi connectivity index (χ4v) is 6.88. The predicted octanol–water partition coefficient (Wildman–Crippen LogP) is 5.08. The van der Waals surface area contributed by atoms with Gasteiger partial charge in [0, 0.05) is 13.1 Å².